The Hall–Kier alpha value is -8.08. The maximum Gasteiger partial charge on any atom is 0.198 e. The third-order valence-electron chi connectivity index (χ3n) is 16.5. The SMILES string of the molecule is CCCCCCCCC1(CCCCCCCC)c2cc(-c3ccc(-c4ccc(C)cc4)cc3)ccc2-c2ccc(-c3ccc(-c4ccc(-c5cc(C)nc(-c6nc(-c7ccccc7)cc(-c7ccccc7)n6)n5)cc4)cc3)cc21. The Labute approximate surface area is 470 Å². The maximum absolute atomic E-state index is 5.10. The Morgan fingerprint density at radius 1 is 0.291 bits per heavy atom. The van der Waals surface area contributed by atoms with Crippen molar-refractivity contribution in [3.05, 3.63) is 229 Å². The maximum atomic E-state index is 5.10. The molecule has 0 atom stereocenters. The first-order chi connectivity index (χ1) is 38.8. The lowest BCUT2D eigenvalue weighted by molar-refractivity contribution is 0.398. The molecule has 0 saturated carbocycles. The summed E-state index contributed by atoms with van der Waals surface area (Å²) < 4.78 is 0. The van der Waals surface area contributed by atoms with E-state index in [0.29, 0.717) is 11.6 Å². The van der Waals surface area contributed by atoms with Gasteiger partial charge in [0.2, 0.25) is 0 Å². The molecule has 1 aliphatic rings. The van der Waals surface area contributed by atoms with Gasteiger partial charge in [-0.1, -0.05) is 278 Å². The number of benzene rings is 8. The van der Waals surface area contributed by atoms with Crippen molar-refractivity contribution in [1.82, 2.24) is 19.9 Å². The minimum atomic E-state index is -0.0387. The molecule has 4 heteroatoms. The van der Waals surface area contributed by atoms with Gasteiger partial charge in [-0.05, 0) is 118 Å². The Morgan fingerprint density at radius 2 is 0.620 bits per heavy atom. The highest BCUT2D eigenvalue weighted by Crippen LogP contribution is 2.56. The molecule has 0 N–H and O–H groups in total. The van der Waals surface area contributed by atoms with E-state index in [0.717, 1.165) is 45.0 Å². The van der Waals surface area contributed by atoms with Gasteiger partial charge in [0.05, 0.1) is 17.1 Å². The second-order valence-corrected chi connectivity index (χ2v) is 22.1. The number of aryl methyl sites for hydroxylation is 2. The first kappa shape index (κ1) is 52.9. The van der Waals surface area contributed by atoms with Gasteiger partial charge in [0.15, 0.2) is 11.6 Å². The Kier molecular flexibility index (Phi) is 16.6. The zero-order valence-corrected chi connectivity index (χ0v) is 46.8. The summed E-state index contributed by atoms with van der Waals surface area (Å²) in [6.45, 7) is 8.81. The van der Waals surface area contributed by atoms with Crippen molar-refractivity contribution < 1.29 is 0 Å². The molecule has 2 heterocycles. The van der Waals surface area contributed by atoms with Gasteiger partial charge in [-0.2, -0.15) is 0 Å². The summed E-state index contributed by atoms with van der Waals surface area (Å²) >= 11 is 0. The van der Waals surface area contributed by atoms with E-state index in [9.17, 15) is 0 Å². The normalized spacial score (nSPS) is 12.4. The lowest BCUT2D eigenvalue weighted by atomic mass is 9.70. The third-order valence-corrected chi connectivity index (χ3v) is 16.5. The number of hydrogen-bond acceptors (Lipinski definition) is 4. The number of hydrogen-bond donors (Lipinski definition) is 0. The smallest absolute Gasteiger partial charge is 0.198 e. The van der Waals surface area contributed by atoms with Gasteiger partial charge in [-0.3, -0.25) is 0 Å². The Bertz CT molecular complexity index is 3550. The lowest BCUT2D eigenvalue weighted by Gasteiger charge is -2.33. The molecule has 2 aromatic heterocycles. The number of rotatable bonds is 22. The first-order valence-electron chi connectivity index (χ1n) is 29.4. The number of aromatic nitrogens is 4. The molecular formula is C75H74N4. The second kappa shape index (κ2) is 24.7. The fourth-order valence-corrected chi connectivity index (χ4v) is 12.1. The standard InChI is InChI=1S/C75H74N4/c1-5-7-9-11-13-21-47-75(48-22-14-12-10-8-6-2)68-50-64(59-35-31-56(32-36-59)55-29-27-53(3)28-30-55)43-45-66(68)67-46-44-65(51-69(67)75)60-37-33-57(34-38-60)58-39-41-63(42-40-58)70-49-54(4)76-73(77-70)74-78-71(61-23-17-15-18-24-61)52-72(79-74)62-25-19-16-20-26-62/h15-20,23-46,49-52H,5-14,21-22,47-48H2,1-4H3. The van der Waals surface area contributed by atoms with Crippen molar-refractivity contribution in [2.75, 3.05) is 0 Å². The van der Waals surface area contributed by atoms with Crippen LogP contribution in [0.3, 0.4) is 0 Å². The van der Waals surface area contributed by atoms with Gasteiger partial charge >= 0.3 is 0 Å². The fourth-order valence-electron chi connectivity index (χ4n) is 12.1. The molecule has 4 nitrogen and oxygen atoms in total. The van der Waals surface area contributed by atoms with E-state index in [1.165, 1.54) is 157 Å². The summed E-state index contributed by atoms with van der Waals surface area (Å²) in [6.07, 6.45) is 18.0. The Balaban J connectivity index is 0.882. The van der Waals surface area contributed by atoms with Crippen LogP contribution in [-0.2, 0) is 5.41 Å². The van der Waals surface area contributed by atoms with Crippen LogP contribution in [0.1, 0.15) is 126 Å². The fraction of sp³-hybridized carbons (Fsp3) is 0.253. The molecule has 10 aromatic rings. The van der Waals surface area contributed by atoms with Crippen molar-refractivity contribution in [2.45, 2.75) is 123 Å². The van der Waals surface area contributed by atoms with Gasteiger partial charge < -0.3 is 0 Å². The summed E-state index contributed by atoms with van der Waals surface area (Å²) in [5, 5.41) is 0. The molecule has 11 rings (SSSR count). The van der Waals surface area contributed by atoms with E-state index in [-0.39, 0.29) is 5.41 Å². The molecular weight excluding hydrogens is 957 g/mol. The highest BCUT2D eigenvalue weighted by atomic mass is 15.0. The predicted octanol–water partition coefficient (Wildman–Crippen LogP) is 21.0. The molecule has 8 aromatic carbocycles. The molecule has 0 spiro atoms. The summed E-state index contributed by atoms with van der Waals surface area (Å²) in [4.78, 5) is 20.0. The van der Waals surface area contributed by atoms with Crippen LogP contribution in [0.15, 0.2) is 206 Å². The molecule has 0 bridgehead atoms. The van der Waals surface area contributed by atoms with Crippen LogP contribution in [0.5, 0.6) is 0 Å². The number of fused-ring (bicyclic) bond motifs is 3. The van der Waals surface area contributed by atoms with Crippen molar-refractivity contribution in [2.24, 2.45) is 0 Å². The Morgan fingerprint density at radius 3 is 1.05 bits per heavy atom. The quantitative estimate of drug-likeness (QED) is 0.0635. The molecule has 0 saturated heterocycles. The number of nitrogens with zero attached hydrogens (tertiary/aromatic N) is 4. The minimum absolute atomic E-state index is 0.0387. The molecule has 0 unspecified atom stereocenters. The number of unbranched alkanes of at least 4 members (excludes halogenated alkanes) is 10. The molecule has 79 heavy (non-hydrogen) atoms. The first-order valence-corrected chi connectivity index (χ1v) is 29.4. The van der Waals surface area contributed by atoms with Crippen LogP contribution in [0, 0.1) is 13.8 Å². The van der Waals surface area contributed by atoms with E-state index >= 15 is 0 Å². The zero-order chi connectivity index (χ0) is 54.0. The van der Waals surface area contributed by atoms with E-state index < -0.39 is 0 Å². The van der Waals surface area contributed by atoms with Gasteiger partial charge in [-0.25, -0.2) is 19.9 Å². The van der Waals surface area contributed by atoms with Gasteiger partial charge in [0.1, 0.15) is 0 Å². The summed E-state index contributed by atoms with van der Waals surface area (Å²) in [6, 6.07) is 75.5. The largest absolute Gasteiger partial charge is 0.231 e. The van der Waals surface area contributed by atoms with E-state index in [2.05, 4.69) is 178 Å². The molecule has 0 fully saturated rings. The molecule has 394 valence electrons. The molecule has 0 radical (unpaired) electrons. The monoisotopic (exact) mass is 1030 g/mol. The highest BCUT2D eigenvalue weighted by molar-refractivity contribution is 5.87. The van der Waals surface area contributed by atoms with Crippen LogP contribution in [-0.4, -0.2) is 19.9 Å². The van der Waals surface area contributed by atoms with Crippen LogP contribution in [0.4, 0.5) is 0 Å². The minimum Gasteiger partial charge on any atom is -0.231 e. The van der Waals surface area contributed by atoms with E-state index in [4.69, 9.17) is 19.9 Å². The average molecular weight is 1030 g/mol. The zero-order valence-electron chi connectivity index (χ0n) is 46.8. The average Bonchev–Trinajstić information content (AvgIpc) is 3.85. The second-order valence-electron chi connectivity index (χ2n) is 22.1. The topological polar surface area (TPSA) is 51.6 Å². The van der Waals surface area contributed by atoms with E-state index in [1.54, 1.807) is 0 Å². The predicted molar refractivity (Wildman–Crippen MR) is 333 cm³/mol. The van der Waals surface area contributed by atoms with Gasteiger partial charge in [0.25, 0.3) is 0 Å². The van der Waals surface area contributed by atoms with E-state index in [1.807, 2.05) is 55.5 Å². The highest BCUT2D eigenvalue weighted by Gasteiger charge is 2.42. The third kappa shape index (κ3) is 12.0. The molecule has 0 amide bonds. The molecule has 1 aliphatic carbocycles. The summed E-state index contributed by atoms with van der Waals surface area (Å²) in [5.74, 6) is 1.01. The van der Waals surface area contributed by atoms with Crippen LogP contribution in [0.25, 0.3) is 101 Å². The lowest BCUT2D eigenvalue weighted by Crippen LogP contribution is -2.25. The van der Waals surface area contributed by atoms with Crippen molar-refractivity contribution >= 4 is 0 Å². The van der Waals surface area contributed by atoms with Crippen LogP contribution >= 0.6 is 0 Å². The van der Waals surface area contributed by atoms with Crippen molar-refractivity contribution in [3.63, 3.8) is 0 Å². The molecule has 0 aliphatic heterocycles. The summed E-state index contributed by atoms with van der Waals surface area (Å²) in [5.41, 5.74) is 23.6. The van der Waals surface area contributed by atoms with Crippen molar-refractivity contribution in [3.8, 4) is 101 Å². The summed E-state index contributed by atoms with van der Waals surface area (Å²) in [7, 11) is 0. The van der Waals surface area contributed by atoms with Crippen LogP contribution < -0.4 is 0 Å². The van der Waals surface area contributed by atoms with Crippen molar-refractivity contribution in [1.29, 1.82) is 0 Å². The van der Waals surface area contributed by atoms with Crippen LogP contribution in [0.2, 0.25) is 0 Å². The van der Waals surface area contributed by atoms with Gasteiger partial charge in [0, 0.05) is 27.8 Å². The van der Waals surface area contributed by atoms with Gasteiger partial charge in [-0.15, -0.1) is 0 Å².